The van der Waals surface area contributed by atoms with E-state index in [2.05, 4.69) is 78.8 Å². The number of nitrogens with one attached hydrogen (secondary N) is 7. The first-order valence-electron chi connectivity index (χ1n) is 26.9. The Morgan fingerprint density at radius 3 is 1.47 bits per heavy atom. The summed E-state index contributed by atoms with van der Waals surface area (Å²) in [4.78, 5) is 97.1. The number of benzene rings is 1. The Hall–Kier alpha value is -4.58. The van der Waals surface area contributed by atoms with Crippen LogP contribution in [-0.4, -0.2) is 121 Å². The normalized spacial score (nSPS) is 13.8. The highest BCUT2D eigenvalue weighted by Crippen LogP contribution is 2.28. The standard InChI is InChI=1S/C24H40N2O2.C17H33N5O5.C17H33NO2/c1-23(2,3)22(28)19(14-10-11-15-25)17-21(27)20(26-24(4,5)6)16-18-12-8-7-9-13-18;1-16(2,3)22-11-14(25)21-10-13(24)20-9-12(23)18-7-8-19-15(26)27-17(4,5)6;1-11(2)14(18-17(7,8)9)13(19)10-12(3)15(20)16(4,5)6/h7-9,12-13,19-20,26H,10-11,14-17,25H2,1-6H3;22H,7-11H2,1-6H3,(H,18,23)(H,19,26)(H,20,24)(H,21,25);11-12,14,18H,10H2,1-9H3. The van der Waals surface area contributed by atoms with Gasteiger partial charge in [-0.25, -0.2) is 4.79 Å². The molecule has 75 heavy (non-hydrogen) atoms. The summed E-state index contributed by atoms with van der Waals surface area (Å²) in [6.45, 7) is 41.5. The van der Waals surface area contributed by atoms with E-state index in [-0.39, 0.29) is 114 Å². The van der Waals surface area contributed by atoms with Crippen LogP contribution in [0.1, 0.15) is 183 Å². The van der Waals surface area contributed by atoms with Crippen LogP contribution in [0, 0.1) is 28.6 Å². The molecule has 0 aliphatic carbocycles. The maximum atomic E-state index is 13.3. The second-order valence-electron chi connectivity index (χ2n) is 26.1. The SMILES string of the molecule is CC(C)(C)NC(Cc1ccccc1)C(=O)CC(CCCCN)C(=O)C(C)(C)C.CC(C)(C)NCC(=O)NCC(=O)NCC(=O)NCCNC(=O)OC(C)(C)C.CC(CC(=O)C(NC(C)(C)C)C(C)C)C(=O)C(C)(C)C. The number of nitrogens with two attached hydrogens (primary N) is 1. The summed E-state index contributed by atoms with van der Waals surface area (Å²) in [5.74, 6) is -0.831. The molecule has 0 spiro atoms. The molecule has 1 rings (SSSR count). The van der Waals surface area contributed by atoms with Gasteiger partial charge in [-0.3, -0.25) is 33.6 Å². The average molecular weight is 1060 g/mol. The van der Waals surface area contributed by atoms with Gasteiger partial charge in [-0.1, -0.05) is 99.1 Å². The fourth-order valence-corrected chi connectivity index (χ4v) is 7.39. The van der Waals surface area contributed by atoms with E-state index in [1.807, 2.05) is 113 Å². The summed E-state index contributed by atoms with van der Waals surface area (Å²) in [6, 6.07) is 9.57. The van der Waals surface area contributed by atoms with Crippen molar-refractivity contribution in [3.05, 3.63) is 35.9 Å². The van der Waals surface area contributed by atoms with Gasteiger partial charge in [0, 0.05) is 65.2 Å². The molecule has 1 aromatic carbocycles. The van der Waals surface area contributed by atoms with Gasteiger partial charge < -0.3 is 47.7 Å². The Balaban J connectivity index is 0. The van der Waals surface area contributed by atoms with E-state index >= 15 is 0 Å². The summed E-state index contributed by atoms with van der Waals surface area (Å²) in [5, 5.41) is 19.7. The van der Waals surface area contributed by atoms with Crippen molar-refractivity contribution in [2.75, 3.05) is 39.3 Å². The van der Waals surface area contributed by atoms with Crippen LogP contribution >= 0.6 is 0 Å². The van der Waals surface area contributed by atoms with Crippen LogP contribution in [0.25, 0.3) is 0 Å². The molecule has 0 aromatic heterocycles. The largest absolute Gasteiger partial charge is 0.444 e. The third-order valence-electron chi connectivity index (χ3n) is 10.9. The van der Waals surface area contributed by atoms with E-state index in [4.69, 9.17) is 10.5 Å². The number of ketones is 4. The Bertz CT molecular complexity index is 1910. The van der Waals surface area contributed by atoms with Crippen molar-refractivity contribution in [3.63, 3.8) is 0 Å². The molecular formula is C58H106N8O9. The zero-order chi connectivity index (χ0) is 58.8. The van der Waals surface area contributed by atoms with E-state index in [9.17, 15) is 38.4 Å². The van der Waals surface area contributed by atoms with Crippen LogP contribution in [-0.2, 0) is 44.7 Å². The van der Waals surface area contributed by atoms with Gasteiger partial charge in [-0.2, -0.15) is 0 Å². The molecule has 17 nitrogen and oxygen atoms in total. The number of rotatable bonds is 26. The molecule has 0 saturated carbocycles. The molecule has 4 amide bonds. The summed E-state index contributed by atoms with van der Waals surface area (Å²) in [5.41, 5.74) is 4.84. The minimum absolute atomic E-state index is 0.0991. The second-order valence-corrected chi connectivity index (χ2v) is 26.1. The Kier molecular flexibility index (Phi) is 32.4. The number of unbranched alkanes of at least 4 members (excludes halogenated alkanes) is 1. The van der Waals surface area contributed by atoms with Gasteiger partial charge in [0.15, 0.2) is 11.6 Å². The molecule has 0 aliphatic rings. The van der Waals surface area contributed by atoms with Gasteiger partial charge >= 0.3 is 6.09 Å². The maximum Gasteiger partial charge on any atom is 0.407 e. The summed E-state index contributed by atoms with van der Waals surface area (Å²) < 4.78 is 5.05. The zero-order valence-electron chi connectivity index (χ0n) is 50.5. The molecule has 1 aromatic rings. The lowest BCUT2D eigenvalue weighted by atomic mass is 9.78. The number of amides is 4. The quantitative estimate of drug-likeness (QED) is 0.0429. The fraction of sp³-hybridized carbons (Fsp3) is 0.759. The molecule has 9 N–H and O–H groups in total. The fourth-order valence-electron chi connectivity index (χ4n) is 7.39. The predicted molar refractivity (Wildman–Crippen MR) is 303 cm³/mol. The zero-order valence-corrected chi connectivity index (χ0v) is 50.5. The molecule has 432 valence electrons. The van der Waals surface area contributed by atoms with Gasteiger partial charge in [0.1, 0.15) is 17.2 Å². The van der Waals surface area contributed by atoms with Gasteiger partial charge in [0.25, 0.3) is 0 Å². The van der Waals surface area contributed by atoms with Crippen LogP contribution in [0.15, 0.2) is 30.3 Å². The third kappa shape index (κ3) is 38.6. The van der Waals surface area contributed by atoms with Crippen LogP contribution in [0.3, 0.4) is 0 Å². The van der Waals surface area contributed by atoms with Crippen LogP contribution < -0.4 is 43.0 Å². The third-order valence-corrected chi connectivity index (χ3v) is 10.9. The number of hydrogen-bond acceptors (Lipinski definition) is 13. The molecule has 0 saturated heterocycles. The van der Waals surface area contributed by atoms with Crippen molar-refractivity contribution in [1.82, 2.24) is 37.2 Å². The Morgan fingerprint density at radius 2 is 1.03 bits per heavy atom. The lowest BCUT2D eigenvalue weighted by Crippen LogP contribution is -2.51. The predicted octanol–water partition coefficient (Wildman–Crippen LogP) is 7.16. The van der Waals surface area contributed by atoms with E-state index in [1.165, 1.54) is 0 Å². The number of alkyl carbamates (subject to hydrolysis) is 1. The number of ether oxygens (including phenoxy) is 1. The second kappa shape index (κ2) is 33.5. The molecule has 0 bridgehead atoms. The molecular weight excluding hydrogens is 953 g/mol. The number of hydrogen-bond donors (Lipinski definition) is 8. The smallest absolute Gasteiger partial charge is 0.407 e. The number of carbonyl (C=O) groups is 8. The highest BCUT2D eigenvalue weighted by Gasteiger charge is 2.35. The molecule has 0 heterocycles. The summed E-state index contributed by atoms with van der Waals surface area (Å²) in [6.07, 6.45) is 3.18. The van der Waals surface area contributed by atoms with Gasteiger partial charge in [0.05, 0.1) is 31.7 Å². The van der Waals surface area contributed by atoms with Crippen molar-refractivity contribution in [1.29, 1.82) is 0 Å². The number of Topliss-reactive ketones (excluding diaryl/α,β-unsaturated/α-hetero) is 4. The maximum absolute atomic E-state index is 13.3. The lowest BCUT2D eigenvalue weighted by molar-refractivity contribution is -0.134. The van der Waals surface area contributed by atoms with Crippen molar-refractivity contribution in [2.24, 2.45) is 34.3 Å². The topological polar surface area (TPSA) is 256 Å². The van der Waals surface area contributed by atoms with E-state index in [0.29, 0.717) is 25.8 Å². The first-order chi connectivity index (χ1) is 34.0. The Labute approximate surface area is 453 Å². The monoisotopic (exact) mass is 1060 g/mol. The van der Waals surface area contributed by atoms with Crippen molar-refractivity contribution >= 4 is 46.9 Å². The highest BCUT2D eigenvalue weighted by molar-refractivity contribution is 5.94. The first kappa shape index (κ1) is 72.5. The van der Waals surface area contributed by atoms with Crippen LogP contribution in [0.5, 0.6) is 0 Å². The molecule has 4 atom stereocenters. The molecule has 0 fully saturated rings. The molecule has 0 aliphatic heterocycles. The number of carbonyl (C=O) groups excluding carboxylic acids is 8. The van der Waals surface area contributed by atoms with Crippen LogP contribution in [0.2, 0.25) is 0 Å². The first-order valence-corrected chi connectivity index (χ1v) is 26.9. The average Bonchev–Trinajstić information content (AvgIpc) is 3.24. The molecule has 4 unspecified atom stereocenters. The van der Waals surface area contributed by atoms with Gasteiger partial charge in [0.2, 0.25) is 17.7 Å². The van der Waals surface area contributed by atoms with Gasteiger partial charge in [-0.15, -0.1) is 0 Å². The van der Waals surface area contributed by atoms with Crippen molar-refractivity contribution in [2.45, 2.75) is 218 Å². The summed E-state index contributed by atoms with van der Waals surface area (Å²) >= 11 is 0. The highest BCUT2D eigenvalue weighted by atomic mass is 16.6. The van der Waals surface area contributed by atoms with Crippen LogP contribution in [0.4, 0.5) is 4.79 Å². The van der Waals surface area contributed by atoms with Gasteiger partial charge in [-0.05, 0) is 120 Å². The minimum atomic E-state index is -0.587. The summed E-state index contributed by atoms with van der Waals surface area (Å²) in [7, 11) is 0. The van der Waals surface area contributed by atoms with E-state index < -0.39 is 28.9 Å². The van der Waals surface area contributed by atoms with E-state index in [0.717, 1.165) is 24.8 Å². The van der Waals surface area contributed by atoms with E-state index in [1.54, 1.807) is 20.8 Å². The van der Waals surface area contributed by atoms with Crippen molar-refractivity contribution < 1.29 is 43.1 Å². The minimum Gasteiger partial charge on any atom is -0.444 e. The van der Waals surface area contributed by atoms with Crippen molar-refractivity contribution in [3.8, 4) is 0 Å². The molecule has 17 heteroatoms. The molecule has 0 radical (unpaired) electrons. The Morgan fingerprint density at radius 1 is 0.547 bits per heavy atom. The lowest BCUT2D eigenvalue weighted by Gasteiger charge is -2.31.